The molecule has 0 unspecified atom stereocenters. The number of phenols is 1. The third-order valence-corrected chi connectivity index (χ3v) is 3.13. The van der Waals surface area contributed by atoms with Gasteiger partial charge in [-0.1, -0.05) is 0 Å². The molecule has 1 saturated heterocycles. The maximum atomic E-state index is 9.52. The Morgan fingerprint density at radius 2 is 2.00 bits per heavy atom. The van der Waals surface area contributed by atoms with Crippen LogP contribution in [0.25, 0.3) is 0 Å². The van der Waals surface area contributed by atoms with E-state index in [-0.39, 0.29) is 5.75 Å². The number of hydrogen-bond donors (Lipinski definition) is 2. The van der Waals surface area contributed by atoms with Crippen molar-refractivity contribution < 1.29 is 9.84 Å². The highest BCUT2D eigenvalue weighted by atomic mass is 16.5. The first-order valence-electron chi connectivity index (χ1n) is 5.93. The van der Waals surface area contributed by atoms with Crippen LogP contribution in [0.15, 0.2) is 18.2 Å². The average Bonchev–Trinajstić information content (AvgIpc) is 2.39. The molecule has 2 rings (SSSR count). The molecule has 17 heavy (non-hydrogen) atoms. The monoisotopic (exact) mass is 234 g/mol. The van der Waals surface area contributed by atoms with E-state index in [0.717, 1.165) is 31.5 Å². The van der Waals surface area contributed by atoms with Gasteiger partial charge in [0, 0.05) is 18.7 Å². The molecule has 1 aromatic rings. The Morgan fingerprint density at radius 1 is 1.29 bits per heavy atom. The fraction of sp³-hybridized carbons (Fsp3) is 0.462. The average molecular weight is 234 g/mol. The van der Waals surface area contributed by atoms with Crippen LogP contribution in [0.2, 0.25) is 0 Å². The zero-order valence-electron chi connectivity index (χ0n) is 10.1. The molecule has 0 aromatic heterocycles. The quantitative estimate of drug-likeness (QED) is 0.609. The van der Waals surface area contributed by atoms with E-state index in [9.17, 15) is 5.11 Å². The molecule has 1 aromatic carbocycles. The number of amidine groups is 1. The lowest BCUT2D eigenvalue weighted by atomic mass is 10.1. The molecule has 0 amide bonds. The van der Waals surface area contributed by atoms with E-state index in [1.165, 1.54) is 13.5 Å². The molecule has 1 heterocycles. The lowest BCUT2D eigenvalue weighted by Gasteiger charge is -2.29. The number of nitrogens with one attached hydrogen (secondary N) is 1. The van der Waals surface area contributed by atoms with E-state index >= 15 is 0 Å². The van der Waals surface area contributed by atoms with Crippen molar-refractivity contribution in [2.45, 2.75) is 19.3 Å². The molecule has 0 atom stereocenters. The van der Waals surface area contributed by atoms with Gasteiger partial charge in [0.2, 0.25) is 0 Å². The van der Waals surface area contributed by atoms with E-state index in [2.05, 4.69) is 4.90 Å². The first kappa shape index (κ1) is 11.8. The number of methoxy groups -OCH3 is 1. The van der Waals surface area contributed by atoms with Gasteiger partial charge in [-0.3, -0.25) is 5.41 Å². The van der Waals surface area contributed by atoms with E-state index in [1.807, 2.05) is 0 Å². The highest BCUT2D eigenvalue weighted by molar-refractivity contribution is 5.97. The van der Waals surface area contributed by atoms with Crippen LogP contribution < -0.4 is 4.74 Å². The highest BCUT2D eigenvalue weighted by Gasteiger charge is 2.16. The molecule has 2 N–H and O–H groups in total. The third kappa shape index (κ3) is 2.52. The summed E-state index contributed by atoms with van der Waals surface area (Å²) in [6, 6.07) is 5.05. The fourth-order valence-corrected chi connectivity index (χ4v) is 2.13. The molecule has 4 heteroatoms. The Hall–Kier alpha value is -1.71. The molecule has 0 aliphatic carbocycles. The van der Waals surface area contributed by atoms with Gasteiger partial charge >= 0.3 is 0 Å². The Bertz CT molecular complexity index is 412. The topological polar surface area (TPSA) is 56.5 Å². The SMILES string of the molecule is COc1cc(C(=N)N2CCCCC2)ccc1O. The summed E-state index contributed by atoms with van der Waals surface area (Å²) in [4.78, 5) is 2.08. The summed E-state index contributed by atoms with van der Waals surface area (Å²) in [6.45, 7) is 1.89. The number of benzene rings is 1. The second-order valence-corrected chi connectivity index (χ2v) is 4.28. The molecule has 4 nitrogen and oxygen atoms in total. The largest absolute Gasteiger partial charge is 0.504 e. The normalized spacial score (nSPS) is 15.7. The van der Waals surface area contributed by atoms with Crippen LogP contribution in [0.4, 0.5) is 0 Å². The van der Waals surface area contributed by atoms with Crippen LogP contribution in [-0.2, 0) is 0 Å². The summed E-state index contributed by atoms with van der Waals surface area (Å²) in [5.74, 6) is 1.05. The maximum absolute atomic E-state index is 9.52. The molecular weight excluding hydrogens is 216 g/mol. The molecule has 0 bridgehead atoms. The summed E-state index contributed by atoms with van der Waals surface area (Å²) >= 11 is 0. The number of rotatable bonds is 2. The van der Waals surface area contributed by atoms with Crippen molar-refractivity contribution in [1.82, 2.24) is 4.90 Å². The molecule has 0 radical (unpaired) electrons. The van der Waals surface area contributed by atoms with Crippen molar-refractivity contribution in [3.8, 4) is 11.5 Å². The zero-order valence-corrected chi connectivity index (χ0v) is 10.1. The molecule has 1 fully saturated rings. The van der Waals surface area contributed by atoms with Gasteiger partial charge in [-0.25, -0.2) is 0 Å². The minimum absolute atomic E-state index is 0.114. The van der Waals surface area contributed by atoms with Crippen molar-refractivity contribution in [3.05, 3.63) is 23.8 Å². The number of ether oxygens (including phenoxy) is 1. The number of phenolic OH excluding ortho intramolecular Hbond substituents is 1. The summed E-state index contributed by atoms with van der Waals surface area (Å²) in [7, 11) is 1.52. The van der Waals surface area contributed by atoms with Crippen LogP contribution in [0.3, 0.4) is 0 Å². The standard InChI is InChI=1S/C13H18N2O2/c1-17-12-9-10(5-6-11(12)16)13(14)15-7-3-2-4-8-15/h5-6,9,14,16H,2-4,7-8H2,1H3. The second-order valence-electron chi connectivity index (χ2n) is 4.28. The van der Waals surface area contributed by atoms with Crippen molar-refractivity contribution in [2.24, 2.45) is 0 Å². The molecule has 0 saturated carbocycles. The van der Waals surface area contributed by atoms with Crippen LogP contribution >= 0.6 is 0 Å². The van der Waals surface area contributed by atoms with Crippen LogP contribution in [0.1, 0.15) is 24.8 Å². The van der Waals surface area contributed by atoms with Crippen molar-refractivity contribution in [3.63, 3.8) is 0 Å². The van der Waals surface area contributed by atoms with E-state index < -0.39 is 0 Å². The minimum Gasteiger partial charge on any atom is -0.504 e. The third-order valence-electron chi connectivity index (χ3n) is 3.13. The Balaban J connectivity index is 2.18. The maximum Gasteiger partial charge on any atom is 0.161 e. The first-order chi connectivity index (χ1) is 8.22. The van der Waals surface area contributed by atoms with Crippen LogP contribution in [0.5, 0.6) is 11.5 Å². The van der Waals surface area contributed by atoms with Gasteiger partial charge in [0.15, 0.2) is 11.5 Å². The van der Waals surface area contributed by atoms with Gasteiger partial charge in [0.25, 0.3) is 0 Å². The summed E-state index contributed by atoms with van der Waals surface area (Å²) in [6.07, 6.45) is 3.55. The van der Waals surface area contributed by atoms with Crippen molar-refractivity contribution in [1.29, 1.82) is 5.41 Å². The molecule has 1 aliphatic heterocycles. The predicted octanol–water partition coefficient (Wildman–Crippen LogP) is 2.21. The molecule has 1 aliphatic rings. The fourth-order valence-electron chi connectivity index (χ4n) is 2.13. The number of aromatic hydroxyl groups is 1. The van der Waals surface area contributed by atoms with Gasteiger partial charge < -0.3 is 14.7 Å². The summed E-state index contributed by atoms with van der Waals surface area (Å²) < 4.78 is 5.06. The van der Waals surface area contributed by atoms with Gasteiger partial charge in [-0.05, 0) is 37.5 Å². The number of nitrogens with zero attached hydrogens (tertiary/aromatic N) is 1. The molecule has 0 spiro atoms. The van der Waals surface area contributed by atoms with Gasteiger partial charge in [0.05, 0.1) is 7.11 Å². The van der Waals surface area contributed by atoms with E-state index in [0.29, 0.717) is 11.6 Å². The Kier molecular flexibility index (Phi) is 3.52. The van der Waals surface area contributed by atoms with Gasteiger partial charge in [-0.15, -0.1) is 0 Å². The van der Waals surface area contributed by atoms with E-state index in [4.69, 9.17) is 10.1 Å². The molecular formula is C13H18N2O2. The smallest absolute Gasteiger partial charge is 0.161 e. The summed E-state index contributed by atoms with van der Waals surface area (Å²) in [5, 5.41) is 17.7. The van der Waals surface area contributed by atoms with E-state index in [1.54, 1.807) is 18.2 Å². The van der Waals surface area contributed by atoms with Crippen LogP contribution in [-0.4, -0.2) is 36.0 Å². The number of hydrogen-bond acceptors (Lipinski definition) is 3. The Labute approximate surface area is 101 Å². The lowest BCUT2D eigenvalue weighted by Crippen LogP contribution is -2.35. The minimum atomic E-state index is 0.114. The first-order valence-corrected chi connectivity index (χ1v) is 5.93. The summed E-state index contributed by atoms with van der Waals surface area (Å²) in [5.41, 5.74) is 0.793. The van der Waals surface area contributed by atoms with Crippen molar-refractivity contribution >= 4 is 5.84 Å². The van der Waals surface area contributed by atoms with Crippen molar-refractivity contribution in [2.75, 3.05) is 20.2 Å². The highest BCUT2D eigenvalue weighted by Crippen LogP contribution is 2.27. The predicted molar refractivity (Wildman–Crippen MR) is 66.9 cm³/mol. The van der Waals surface area contributed by atoms with Crippen LogP contribution in [0, 0.1) is 5.41 Å². The second kappa shape index (κ2) is 5.08. The zero-order chi connectivity index (χ0) is 12.3. The van der Waals surface area contributed by atoms with Gasteiger partial charge in [-0.2, -0.15) is 0 Å². The lowest BCUT2D eigenvalue weighted by molar-refractivity contribution is 0.340. The number of piperidine rings is 1. The molecule has 92 valence electrons. The Morgan fingerprint density at radius 3 is 2.65 bits per heavy atom. The van der Waals surface area contributed by atoms with Gasteiger partial charge in [0.1, 0.15) is 5.84 Å². The number of likely N-dealkylation sites (tertiary alicyclic amines) is 1.